The predicted octanol–water partition coefficient (Wildman–Crippen LogP) is 3.36. The number of nitrogens with one attached hydrogen (secondary N) is 1. The molecule has 3 N–H and O–H groups in total. The zero-order valence-corrected chi connectivity index (χ0v) is 15.6. The summed E-state index contributed by atoms with van der Waals surface area (Å²) in [4.78, 5) is 10.7. The average Bonchev–Trinajstić information content (AvgIpc) is 2.54. The van der Waals surface area contributed by atoms with Crippen LogP contribution in [0.3, 0.4) is 0 Å². The van der Waals surface area contributed by atoms with Crippen molar-refractivity contribution in [3.8, 4) is 11.5 Å². The molecule has 0 aliphatic rings. The number of benzene rings is 1. The molecule has 134 valence electrons. The summed E-state index contributed by atoms with van der Waals surface area (Å²) in [6.07, 6.45) is 2.16. The van der Waals surface area contributed by atoms with Gasteiger partial charge in [-0.1, -0.05) is 6.92 Å². The minimum atomic E-state index is -3.36. The van der Waals surface area contributed by atoms with Crippen LogP contribution in [-0.2, 0) is 9.09 Å². The molecule has 1 aromatic rings. The molecule has 0 aliphatic heterocycles. The van der Waals surface area contributed by atoms with Crippen molar-refractivity contribution in [3.63, 3.8) is 0 Å². The average molecular weight is 375 g/mol. The molecule has 10 heteroatoms. The predicted molar refractivity (Wildman–Crippen MR) is 95.9 cm³/mol. The number of urea groups is 1. The highest BCUT2D eigenvalue weighted by atomic mass is 32.7. The van der Waals surface area contributed by atoms with E-state index in [9.17, 15) is 9.36 Å². The van der Waals surface area contributed by atoms with Crippen molar-refractivity contribution >= 4 is 30.4 Å². The van der Waals surface area contributed by atoms with Crippen molar-refractivity contribution in [2.45, 2.75) is 20.3 Å². The monoisotopic (exact) mass is 375 g/mol. The summed E-state index contributed by atoms with van der Waals surface area (Å²) in [6.45, 7) is 0.626. The van der Waals surface area contributed by atoms with Gasteiger partial charge in [-0.15, -0.1) is 0 Å². The molecule has 0 heterocycles. The Labute approximate surface area is 145 Å². The zero-order chi connectivity index (χ0) is 18.0. The van der Waals surface area contributed by atoms with Gasteiger partial charge in [0.25, 0.3) is 0 Å². The lowest BCUT2D eigenvalue weighted by atomic mass is 10.2. The molecule has 8 nitrogen and oxygen atoms in total. The molecule has 1 aromatic carbocycles. The fourth-order valence-electron chi connectivity index (χ4n) is 1.57. The lowest BCUT2D eigenvalue weighted by Crippen LogP contribution is -2.24. The van der Waals surface area contributed by atoms with E-state index in [0.29, 0.717) is 22.8 Å². The molecule has 0 bridgehead atoms. The summed E-state index contributed by atoms with van der Waals surface area (Å²) in [5.74, 6) is 1.49. The first-order valence-corrected chi connectivity index (χ1v) is 10.4. The van der Waals surface area contributed by atoms with Crippen molar-refractivity contribution in [2.75, 3.05) is 19.5 Å². The Morgan fingerprint density at radius 3 is 2.79 bits per heavy atom. The van der Waals surface area contributed by atoms with E-state index in [1.807, 2.05) is 6.92 Å². The molecule has 0 saturated heterocycles. The molecule has 24 heavy (non-hydrogen) atoms. The first kappa shape index (κ1) is 20.3. The number of carbonyl (C=O) groups is 1. The summed E-state index contributed by atoms with van der Waals surface area (Å²) in [5.41, 5.74) is 7.51. The zero-order valence-electron chi connectivity index (χ0n) is 13.9. The number of amides is 2. The summed E-state index contributed by atoms with van der Waals surface area (Å²) in [5, 5.41) is 3.69. The van der Waals surface area contributed by atoms with Gasteiger partial charge in [0.2, 0.25) is 0 Å². The van der Waals surface area contributed by atoms with Crippen molar-refractivity contribution in [3.05, 3.63) is 23.8 Å². The quantitative estimate of drug-likeness (QED) is 0.368. The highest BCUT2D eigenvalue weighted by Crippen LogP contribution is 2.60. The molecule has 0 fully saturated rings. The van der Waals surface area contributed by atoms with E-state index in [1.165, 1.54) is 13.3 Å². The normalized spacial score (nSPS) is 13.5. The maximum atomic E-state index is 12.8. The maximum Gasteiger partial charge on any atom is 0.440 e. The molecular formula is C14H22N3O5PS. The van der Waals surface area contributed by atoms with Crippen molar-refractivity contribution in [1.29, 1.82) is 0 Å². The Kier molecular flexibility index (Phi) is 8.67. The van der Waals surface area contributed by atoms with Crippen LogP contribution in [0.25, 0.3) is 0 Å². The Morgan fingerprint density at radius 2 is 2.21 bits per heavy atom. The lowest BCUT2D eigenvalue weighted by molar-refractivity contribution is 0.249. The third kappa shape index (κ3) is 6.82. The van der Waals surface area contributed by atoms with E-state index >= 15 is 0 Å². The van der Waals surface area contributed by atoms with Gasteiger partial charge in [0.1, 0.15) is 11.5 Å². The van der Waals surface area contributed by atoms with Crippen LogP contribution < -0.4 is 20.4 Å². The second-order valence-corrected chi connectivity index (χ2v) is 8.55. The van der Waals surface area contributed by atoms with Crippen LogP contribution in [-0.4, -0.2) is 31.7 Å². The van der Waals surface area contributed by atoms with Gasteiger partial charge in [-0.2, -0.15) is 5.10 Å². The molecule has 0 aromatic heterocycles. The van der Waals surface area contributed by atoms with Gasteiger partial charge < -0.3 is 15.0 Å². The van der Waals surface area contributed by atoms with Gasteiger partial charge in [-0.05, 0) is 42.9 Å². The van der Waals surface area contributed by atoms with Gasteiger partial charge in [0, 0.05) is 11.3 Å². The van der Waals surface area contributed by atoms with Gasteiger partial charge in [-0.3, -0.25) is 4.52 Å². The number of nitrogens with zero attached hydrogens (tertiary/aromatic N) is 1. The second-order valence-electron chi connectivity index (χ2n) is 4.43. The SMILES string of the molecule is CCCSP(=O)(OCC)Oc1ccc(OC)cc1C=NNC(N)=O. The van der Waals surface area contributed by atoms with Gasteiger partial charge in [0.05, 0.1) is 19.9 Å². The van der Waals surface area contributed by atoms with Gasteiger partial charge in [0.15, 0.2) is 0 Å². The molecule has 2 amide bonds. The summed E-state index contributed by atoms with van der Waals surface area (Å²) < 4.78 is 28.9. The van der Waals surface area contributed by atoms with Gasteiger partial charge >= 0.3 is 12.8 Å². The van der Waals surface area contributed by atoms with Crippen molar-refractivity contribution < 1.29 is 23.1 Å². The molecule has 0 spiro atoms. The largest absolute Gasteiger partial charge is 0.497 e. The van der Waals surface area contributed by atoms with Crippen LogP contribution in [0, 0.1) is 0 Å². The van der Waals surface area contributed by atoms with Crippen LogP contribution in [0.5, 0.6) is 11.5 Å². The molecule has 1 rings (SSSR count). The minimum absolute atomic E-state index is 0.261. The molecular weight excluding hydrogens is 353 g/mol. The molecule has 0 radical (unpaired) electrons. The van der Waals surface area contributed by atoms with Crippen molar-refractivity contribution in [1.82, 2.24) is 5.43 Å². The van der Waals surface area contributed by atoms with E-state index in [0.717, 1.165) is 17.8 Å². The standard InChI is InChI=1S/C14H22N3O5PS/c1-4-8-24-23(19,21-5-2)22-13-7-6-12(20-3)9-11(13)10-16-17-14(15)18/h6-7,9-10H,4-5,8H2,1-3H3,(H3,15,17,18). The number of carbonyl (C=O) groups excluding carboxylic acids is 1. The van der Waals surface area contributed by atoms with E-state index in [1.54, 1.807) is 25.1 Å². The second kappa shape index (κ2) is 10.2. The first-order valence-electron chi connectivity index (χ1n) is 7.29. The summed E-state index contributed by atoms with van der Waals surface area (Å²) in [7, 11) is 1.51. The van der Waals surface area contributed by atoms with Crippen LogP contribution >= 0.6 is 18.2 Å². The number of hydrogen-bond acceptors (Lipinski definition) is 7. The molecule has 1 unspecified atom stereocenters. The van der Waals surface area contributed by atoms with Crippen LogP contribution in [0.4, 0.5) is 4.79 Å². The lowest BCUT2D eigenvalue weighted by Gasteiger charge is -2.19. The Balaban J connectivity index is 3.08. The summed E-state index contributed by atoms with van der Waals surface area (Å²) >= 11 is 1.14. The number of methoxy groups -OCH3 is 1. The van der Waals surface area contributed by atoms with Gasteiger partial charge in [-0.25, -0.2) is 14.8 Å². The van der Waals surface area contributed by atoms with E-state index < -0.39 is 12.8 Å². The summed E-state index contributed by atoms with van der Waals surface area (Å²) in [6, 6.07) is 4.09. The number of nitrogens with two attached hydrogens (primary N) is 1. The minimum Gasteiger partial charge on any atom is -0.497 e. The van der Waals surface area contributed by atoms with E-state index in [4.69, 9.17) is 19.5 Å². The third-order valence-corrected chi connectivity index (χ3v) is 6.48. The fraction of sp³-hybridized carbons (Fsp3) is 0.429. The van der Waals surface area contributed by atoms with Crippen molar-refractivity contribution in [2.24, 2.45) is 10.8 Å². The molecule has 0 saturated carbocycles. The topological polar surface area (TPSA) is 112 Å². The Morgan fingerprint density at radius 1 is 1.46 bits per heavy atom. The Hall–Kier alpha value is -1.70. The number of hydrazone groups is 1. The fourth-order valence-corrected chi connectivity index (χ4v) is 5.04. The van der Waals surface area contributed by atoms with E-state index in [-0.39, 0.29) is 6.61 Å². The first-order chi connectivity index (χ1) is 11.4. The molecule has 1 atom stereocenters. The number of primary amides is 1. The van der Waals surface area contributed by atoms with Crippen LogP contribution in [0.2, 0.25) is 0 Å². The number of rotatable bonds is 10. The maximum absolute atomic E-state index is 12.8. The van der Waals surface area contributed by atoms with Crippen LogP contribution in [0.1, 0.15) is 25.8 Å². The van der Waals surface area contributed by atoms with Crippen LogP contribution in [0.15, 0.2) is 23.3 Å². The Bertz CT molecular complexity index is 626. The van der Waals surface area contributed by atoms with E-state index in [2.05, 4.69) is 10.5 Å². The smallest absolute Gasteiger partial charge is 0.440 e. The number of hydrogen-bond donors (Lipinski definition) is 2. The highest BCUT2D eigenvalue weighted by molar-refractivity contribution is 8.55. The molecule has 0 aliphatic carbocycles. The number of ether oxygens (including phenoxy) is 1. The highest BCUT2D eigenvalue weighted by Gasteiger charge is 2.27. The third-order valence-electron chi connectivity index (χ3n) is 2.55.